The van der Waals surface area contributed by atoms with Crippen molar-refractivity contribution in [2.24, 2.45) is 0 Å². The topological polar surface area (TPSA) is 53.2 Å². The second-order valence-electron chi connectivity index (χ2n) is 4.26. The van der Waals surface area contributed by atoms with Gasteiger partial charge in [-0.25, -0.2) is 0 Å². The molecule has 0 aliphatic rings. The Morgan fingerprint density at radius 3 is 2.48 bits per heavy atom. The molecule has 2 aromatic carbocycles. The molecule has 0 bridgehead atoms. The Balaban J connectivity index is 2.48. The third-order valence-electron chi connectivity index (χ3n) is 2.71. The maximum Gasteiger partial charge on any atom is 0.573 e. The number of ether oxygens (including phenoxy) is 1. The van der Waals surface area contributed by atoms with Crippen LogP contribution in [0.5, 0.6) is 5.75 Å². The van der Waals surface area contributed by atoms with Crippen LogP contribution < -0.4 is 4.74 Å². The fourth-order valence-corrected chi connectivity index (χ4v) is 1.87. The van der Waals surface area contributed by atoms with Crippen LogP contribution in [0.1, 0.15) is 11.1 Å². The van der Waals surface area contributed by atoms with E-state index in [4.69, 9.17) is 10.4 Å². The molecule has 3 nitrogen and oxygen atoms in total. The predicted molar refractivity (Wildman–Crippen MR) is 69.2 cm³/mol. The summed E-state index contributed by atoms with van der Waals surface area (Å²) in [5.41, 5.74) is 1.67. The zero-order valence-corrected chi connectivity index (χ0v) is 10.7. The van der Waals surface area contributed by atoms with Crippen LogP contribution in [0.3, 0.4) is 0 Å². The van der Waals surface area contributed by atoms with Crippen LogP contribution in [0.15, 0.2) is 42.5 Å². The minimum Gasteiger partial charge on any atom is -0.406 e. The van der Waals surface area contributed by atoms with Gasteiger partial charge in [-0.1, -0.05) is 18.2 Å². The Morgan fingerprint density at radius 1 is 1.10 bits per heavy atom. The first-order chi connectivity index (χ1) is 9.91. The summed E-state index contributed by atoms with van der Waals surface area (Å²) < 4.78 is 40.7. The second-order valence-corrected chi connectivity index (χ2v) is 4.26. The monoisotopic (exact) mass is 293 g/mol. The fourth-order valence-electron chi connectivity index (χ4n) is 1.87. The van der Waals surface area contributed by atoms with Crippen LogP contribution in [0.2, 0.25) is 0 Å². The largest absolute Gasteiger partial charge is 0.573 e. The third-order valence-corrected chi connectivity index (χ3v) is 2.71. The highest BCUT2D eigenvalue weighted by atomic mass is 19.4. The molecule has 6 heteroatoms. The van der Waals surface area contributed by atoms with Crippen molar-refractivity contribution in [3.63, 3.8) is 0 Å². The van der Waals surface area contributed by atoms with Gasteiger partial charge in [-0.15, -0.1) is 13.2 Å². The molecule has 108 valence electrons. The lowest BCUT2D eigenvalue weighted by molar-refractivity contribution is -0.274. The number of benzene rings is 2. The van der Waals surface area contributed by atoms with Gasteiger partial charge in [-0.3, -0.25) is 0 Å². The minimum absolute atomic E-state index is 0.0566. The molecular weight excluding hydrogens is 283 g/mol. The zero-order chi connectivity index (χ0) is 15.5. The van der Waals surface area contributed by atoms with Crippen LogP contribution in [-0.2, 0) is 6.61 Å². The van der Waals surface area contributed by atoms with E-state index in [-0.39, 0.29) is 12.2 Å². The molecule has 1 N–H and O–H groups in total. The van der Waals surface area contributed by atoms with Gasteiger partial charge in [0, 0.05) is 0 Å². The number of aliphatic hydroxyl groups is 1. The van der Waals surface area contributed by atoms with Gasteiger partial charge in [0.05, 0.1) is 18.2 Å². The number of rotatable bonds is 3. The molecule has 0 aromatic heterocycles. The molecular formula is C15H10F3NO2. The summed E-state index contributed by atoms with van der Waals surface area (Å²) >= 11 is 0. The summed E-state index contributed by atoms with van der Waals surface area (Å²) in [5, 5.41) is 18.0. The smallest absolute Gasteiger partial charge is 0.406 e. The van der Waals surface area contributed by atoms with Gasteiger partial charge in [0.2, 0.25) is 0 Å². The molecule has 0 aliphatic carbocycles. The summed E-state index contributed by atoms with van der Waals surface area (Å²) in [6.45, 7) is -0.183. The van der Waals surface area contributed by atoms with E-state index in [2.05, 4.69) is 4.74 Å². The average Bonchev–Trinajstić information content (AvgIpc) is 2.45. The number of halogens is 3. The van der Waals surface area contributed by atoms with Crippen LogP contribution in [0.25, 0.3) is 11.1 Å². The van der Waals surface area contributed by atoms with Gasteiger partial charge >= 0.3 is 6.36 Å². The van der Waals surface area contributed by atoms with Gasteiger partial charge in [-0.2, -0.15) is 5.26 Å². The van der Waals surface area contributed by atoms with Crippen molar-refractivity contribution in [3.8, 4) is 22.9 Å². The average molecular weight is 293 g/mol. The molecule has 0 amide bonds. The summed E-state index contributed by atoms with van der Waals surface area (Å²) in [7, 11) is 0. The van der Waals surface area contributed by atoms with Crippen molar-refractivity contribution in [3.05, 3.63) is 53.6 Å². The molecule has 0 unspecified atom stereocenters. The van der Waals surface area contributed by atoms with Gasteiger partial charge in [0.1, 0.15) is 5.75 Å². The van der Waals surface area contributed by atoms with Gasteiger partial charge in [0.15, 0.2) is 0 Å². The van der Waals surface area contributed by atoms with Gasteiger partial charge < -0.3 is 9.84 Å². The van der Waals surface area contributed by atoms with Crippen LogP contribution in [-0.4, -0.2) is 11.5 Å². The number of nitrogens with zero attached hydrogens (tertiary/aromatic N) is 1. The first kappa shape index (κ1) is 14.9. The highest BCUT2D eigenvalue weighted by Crippen LogP contribution is 2.30. The maximum absolute atomic E-state index is 12.3. The number of hydrogen-bond donors (Lipinski definition) is 1. The van der Waals surface area contributed by atoms with Crippen molar-refractivity contribution in [1.82, 2.24) is 0 Å². The van der Waals surface area contributed by atoms with E-state index < -0.39 is 12.1 Å². The predicted octanol–water partition coefficient (Wildman–Crippen LogP) is 3.62. The van der Waals surface area contributed by atoms with E-state index in [9.17, 15) is 13.2 Å². The Bertz CT molecular complexity index is 690. The molecule has 21 heavy (non-hydrogen) atoms. The zero-order valence-electron chi connectivity index (χ0n) is 10.7. The van der Waals surface area contributed by atoms with E-state index in [0.29, 0.717) is 16.7 Å². The van der Waals surface area contributed by atoms with Crippen molar-refractivity contribution in [2.45, 2.75) is 13.0 Å². The lowest BCUT2D eigenvalue weighted by Gasteiger charge is -2.11. The van der Waals surface area contributed by atoms with E-state index in [1.807, 2.05) is 0 Å². The van der Waals surface area contributed by atoms with Crippen LogP contribution >= 0.6 is 0 Å². The number of aliphatic hydroxyl groups excluding tert-OH is 1. The summed E-state index contributed by atoms with van der Waals surface area (Å²) in [6, 6.07) is 12.1. The molecule has 0 fully saturated rings. The summed E-state index contributed by atoms with van der Waals surface area (Å²) in [6.07, 6.45) is -4.82. The summed E-state index contributed by atoms with van der Waals surface area (Å²) in [5.74, 6) is -0.453. The van der Waals surface area contributed by atoms with E-state index in [1.54, 1.807) is 30.3 Å². The quantitative estimate of drug-likeness (QED) is 0.940. The molecule has 0 saturated heterocycles. The molecule has 0 atom stereocenters. The van der Waals surface area contributed by atoms with Gasteiger partial charge in [-0.05, 0) is 41.0 Å². The van der Waals surface area contributed by atoms with Crippen LogP contribution in [0.4, 0.5) is 13.2 Å². The second kappa shape index (κ2) is 5.85. The molecule has 0 radical (unpaired) electrons. The minimum atomic E-state index is -4.82. The molecule has 2 rings (SSSR count). The molecule has 0 aliphatic heterocycles. The summed E-state index contributed by atoms with van der Waals surface area (Å²) in [4.78, 5) is 0. The van der Waals surface area contributed by atoms with Crippen molar-refractivity contribution < 1.29 is 23.0 Å². The first-order valence-corrected chi connectivity index (χ1v) is 5.92. The molecule has 2 aromatic rings. The Hall–Kier alpha value is -2.52. The first-order valence-electron chi connectivity index (χ1n) is 5.92. The lowest BCUT2D eigenvalue weighted by Crippen LogP contribution is -2.17. The van der Waals surface area contributed by atoms with E-state index >= 15 is 0 Å². The molecule has 0 saturated carbocycles. The van der Waals surface area contributed by atoms with Crippen LogP contribution in [0, 0.1) is 11.3 Å². The van der Waals surface area contributed by atoms with E-state index in [1.165, 1.54) is 12.1 Å². The highest BCUT2D eigenvalue weighted by Gasteiger charge is 2.31. The fraction of sp³-hybridized carbons (Fsp3) is 0.133. The number of nitriles is 1. The SMILES string of the molecule is N#Cc1cc(OC(F)(F)F)cc(-c2cccc(CO)c2)c1. The number of hydrogen-bond acceptors (Lipinski definition) is 3. The number of alkyl halides is 3. The lowest BCUT2D eigenvalue weighted by atomic mass is 10.0. The maximum atomic E-state index is 12.3. The van der Waals surface area contributed by atoms with Gasteiger partial charge in [0.25, 0.3) is 0 Å². The highest BCUT2D eigenvalue weighted by molar-refractivity contribution is 5.68. The normalized spacial score (nSPS) is 11.0. The Morgan fingerprint density at radius 2 is 1.86 bits per heavy atom. The van der Waals surface area contributed by atoms with Crippen molar-refractivity contribution in [1.29, 1.82) is 5.26 Å². The van der Waals surface area contributed by atoms with E-state index in [0.717, 1.165) is 6.07 Å². The van der Waals surface area contributed by atoms with Crippen molar-refractivity contribution >= 4 is 0 Å². The Labute approximate surface area is 118 Å². The van der Waals surface area contributed by atoms with Crippen molar-refractivity contribution in [2.75, 3.05) is 0 Å². The molecule has 0 spiro atoms. The Kier molecular flexibility index (Phi) is 4.15. The standard InChI is InChI=1S/C15H10F3NO2/c16-15(17,18)21-14-6-11(8-19)5-13(7-14)12-3-1-2-10(4-12)9-20/h1-7,20H,9H2. The third kappa shape index (κ3) is 3.97. The molecule has 0 heterocycles.